The topological polar surface area (TPSA) is 74.6 Å². The summed E-state index contributed by atoms with van der Waals surface area (Å²) < 4.78 is 0. The van der Waals surface area contributed by atoms with Crippen LogP contribution in [-0.2, 0) is 9.59 Å². The van der Waals surface area contributed by atoms with Crippen molar-refractivity contribution in [1.29, 1.82) is 0 Å². The molecule has 0 aromatic carbocycles. The number of hydrogen-bond donors (Lipinski definition) is 2. The molecule has 2 N–H and O–H groups in total. The van der Waals surface area contributed by atoms with Crippen molar-refractivity contribution in [1.82, 2.24) is 0 Å². The molecule has 0 bridgehead atoms. The maximum Gasteiger partial charge on any atom is 0.308 e. The molecule has 0 amide bonds. The molecule has 0 aromatic heterocycles. The summed E-state index contributed by atoms with van der Waals surface area (Å²) in [6.07, 6.45) is 4.26. The molecule has 0 radical (unpaired) electrons. The lowest BCUT2D eigenvalue weighted by molar-refractivity contribution is -0.145. The number of aliphatic hydroxyl groups excluding tert-OH is 1. The summed E-state index contributed by atoms with van der Waals surface area (Å²) in [5.74, 6) is -1.56. The fourth-order valence-corrected chi connectivity index (χ4v) is 1.48. The van der Waals surface area contributed by atoms with Crippen molar-refractivity contribution in [2.24, 2.45) is 11.8 Å². The van der Waals surface area contributed by atoms with E-state index in [4.69, 9.17) is 5.11 Å². The molecular formula is C12H22O4. The third-order valence-electron chi connectivity index (χ3n) is 2.86. The first-order valence-corrected chi connectivity index (χ1v) is 5.85. The van der Waals surface area contributed by atoms with Crippen LogP contribution in [0.2, 0.25) is 0 Å². The van der Waals surface area contributed by atoms with Gasteiger partial charge in [0.2, 0.25) is 0 Å². The lowest BCUT2D eigenvalue weighted by atomic mass is 9.98. The second-order valence-electron chi connectivity index (χ2n) is 4.45. The fourth-order valence-electron chi connectivity index (χ4n) is 1.48. The average molecular weight is 230 g/mol. The maximum absolute atomic E-state index is 10.6. The second kappa shape index (κ2) is 8.28. The van der Waals surface area contributed by atoms with Gasteiger partial charge in [0.25, 0.3) is 0 Å². The zero-order valence-electron chi connectivity index (χ0n) is 10.1. The van der Waals surface area contributed by atoms with Gasteiger partial charge in [0, 0.05) is 5.92 Å². The van der Waals surface area contributed by atoms with Crippen molar-refractivity contribution in [2.45, 2.75) is 52.1 Å². The Morgan fingerprint density at radius 3 is 2.25 bits per heavy atom. The van der Waals surface area contributed by atoms with Crippen molar-refractivity contribution in [3.63, 3.8) is 0 Å². The minimum absolute atomic E-state index is 0.0999. The van der Waals surface area contributed by atoms with Crippen molar-refractivity contribution in [2.75, 3.05) is 0 Å². The Hall–Kier alpha value is -0.900. The summed E-state index contributed by atoms with van der Waals surface area (Å²) in [6, 6.07) is 0. The van der Waals surface area contributed by atoms with E-state index in [1.807, 2.05) is 6.92 Å². The molecule has 0 aliphatic heterocycles. The number of carboxylic acid groups (broad SMARTS) is 1. The number of aliphatic hydroxyl groups is 1. The Balaban J connectivity index is 3.51. The number of aldehydes is 1. The number of aliphatic carboxylic acids is 1. The first-order chi connectivity index (χ1) is 7.49. The zero-order chi connectivity index (χ0) is 12.6. The van der Waals surface area contributed by atoms with Crippen LogP contribution in [0.3, 0.4) is 0 Å². The molecule has 3 unspecified atom stereocenters. The molecule has 16 heavy (non-hydrogen) atoms. The Kier molecular flexibility index (Phi) is 7.81. The van der Waals surface area contributed by atoms with Crippen LogP contribution in [0, 0.1) is 11.8 Å². The van der Waals surface area contributed by atoms with Crippen LogP contribution in [0.15, 0.2) is 0 Å². The van der Waals surface area contributed by atoms with Gasteiger partial charge < -0.3 is 15.0 Å². The smallest absolute Gasteiger partial charge is 0.308 e. The highest BCUT2D eigenvalue weighted by atomic mass is 16.4. The van der Waals surface area contributed by atoms with E-state index in [-0.39, 0.29) is 5.92 Å². The molecule has 4 heteroatoms. The van der Waals surface area contributed by atoms with Gasteiger partial charge in [-0.1, -0.05) is 26.2 Å². The van der Waals surface area contributed by atoms with E-state index in [1.54, 1.807) is 0 Å². The monoisotopic (exact) mass is 230 g/mol. The molecule has 0 fully saturated rings. The second-order valence-corrected chi connectivity index (χ2v) is 4.45. The van der Waals surface area contributed by atoms with E-state index in [0.717, 1.165) is 32.0 Å². The van der Waals surface area contributed by atoms with Crippen LogP contribution in [0.4, 0.5) is 0 Å². The van der Waals surface area contributed by atoms with Gasteiger partial charge in [0.1, 0.15) is 6.29 Å². The highest BCUT2D eigenvalue weighted by Gasteiger charge is 2.20. The van der Waals surface area contributed by atoms with Crippen molar-refractivity contribution >= 4 is 12.3 Å². The number of rotatable bonds is 9. The molecule has 4 nitrogen and oxygen atoms in total. The first kappa shape index (κ1) is 15.1. The minimum atomic E-state index is -0.956. The standard InChI is InChI=1S/C12H22O4/c1-9(8-13)6-4-3-5-7-11(14)10(2)12(15)16/h8-11,14H,3-7H2,1-2H3,(H,15,16). The average Bonchev–Trinajstić information content (AvgIpc) is 2.26. The van der Waals surface area contributed by atoms with Crippen LogP contribution >= 0.6 is 0 Å². The van der Waals surface area contributed by atoms with Crippen LogP contribution < -0.4 is 0 Å². The number of hydrogen-bond acceptors (Lipinski definition) is 3. The zero-order valence-corrected chi connectivity index (χ0v) is 10.1. The molecule has 0 rings (SSSR count). The largest absolute Gasteiger partial charge is 0.481 e. The molecule has 0 aliphatic rings. The molecule has 3 atom stereocenters. The number of carbonyl (C=O) groups is 2. The minimum Gasteiger partial charge on any atom is -0.481 e. The predicted octanol–water partition coefficient (Wildman–Crippen LogP) is 1.85. The normalized spacial score (nSPS) is 16.4. The highest BCUT2D eigenvalue weighted by Crippen LogP contribution is 2.14. The van der Waals surface area contributed by atoms with E-state index in [9.17, 15) is 14.7 Å². The quantitative estimate of drug-likeness (QED) is 0.468. The van der Waals surface area contributed by atoms with Crippen LogP contribution in [0.25, 0.3) is 0 Å². The Morgan fingerprint density at radius 2 is 1.75 bits per heavy atom. The summed E-state index contributed by atoms with van der Waals surface area (Å²) in [6.45, 7) is 3.40. The first-order valence-electron chi connectivity index (χ1n) is 5.85. The van der Waals surface area contributed by atoms with Gasteiger partial charge in [0.05, 0.1) is 12.0 Å². The van der Waals surface area contributed by atoms with Gasteiger partial charge in [0.15, 0.2) is 0 Å². The van der Waals surface area contributed by atoms with Crippen LogP contribution in [0.1, 0.15) is 46.0 Å². The number of carbonyl (C=O) groups excluding carboxylic acids is 1. The van der Waals surface area contributed by atoms with E-state index < -0.39 is 18.0 Å². The molecule has 0 aliphatic carbocycles. The van der Waals surface area contributed by atoms with Gasteiger partial charge in [-0.25, -0.2) is 0 Å². The van der Waals surface area contributed by atoms with Crippen molar-refractivity contribution in [3.8, 4) is 0 Å². The van der Waals surface area contributed by atoms with E-state index in [0.29, 0.717) is 6.42 Å². The summed E-state index contributed by atoms with van der Waals surface area (Å²) in [5, 5.41) is 18.2. The van der Waals surface area contributed by atoms with Gasteiger partial charge in [-0.15, -0.1) is 0 Å². The summed E-state index contributed by atoms with van der Waals surface area (Å²) >= 11 is 0. The molecule has 94 valence electrons. The van der Waals surface area contributed by atoms with Gasteiger partial charge in [-0.2, -0.15) is 0 Å². The lowest BCUT2D eigenvalue weighted by Gasteiger charge is -2.14. The number of unbranched alkanes of at least 4 members (excludes halogenated alkanes) is 2. The molecule has 0 saturated carbocycles. The molecule has 0 saturated heterocycles. The lowest BCUT2D eigenvalue weighted by Crippen LogP contribution is -2.25. The molecule has 0 aromatic rings. The Morgan fingerprint density at radius 1 is 1.19 bits per heavy atom. The summed E-state index contributed by atoms with van der Waals surface area (Å²) in [4.78, 5) is 20.9. The SMILES string of the molecule is CC(C=O)CCCCCC(O)C(C)C(=O)O. The van der Waals surface area contributed by atoms with Crippen LogP contribution in [-0.4, -0.2) is 28.6 Å². The molecule has 0 spiro atoms. The van der Waals surface area contributed by atoms with Crippen molar-refractivity contribution < 1.29 is 19.8 Å². The predicted molar refractivity (Wildman–Crippen MR) is 61.1 cm³/mol. The summed E-state index contributed by atoms with van der Waals surface area (Å²) in [5.41, 5.74) is 0. The van der Waals surface area contributed by atoms with E-state index in [1.165, 1.54) is 6.92 Å². The Labute approximate surface area is 96.7 Å². The fraction of sp³-hybridized carbons (Fsp3) is 0.833. The van der Waals surface area contributed by atoms with Crippen molar-refractivity contribution in [3.05, 3.63) is 0 Å². The number of carboxylic acids is 1. The van der Waals surface area contributed by atoms with Gasteiger partial charge in [-0.3, -0.25) is 4.79 Å². The van der Waals surface area contributed by atoms with Gasteiger partial charge in [-0.05, 0) is 19.8 Å². The van der Waals surface area contributed by atoms with E-state index in [2.05, 4.69) is 0 Å². The van der Waals surface area contributed by atoms with Crippen LogP contribution in [0.5, 0.6) is 0 Å². The Bertz CT molecular complexity index is 215. The third kappa shape index (κ3) is 6.56. The van der Waals surface area contributed by atoms with E-state index >= 15 is 0 Å². The highest BCUT2D eigenvalue weighted by molar-refractivity contribution is 5.70. The molecular weight excluding hydrogens is 208 g/mol. The third-order valence-corrected chi connectivity index (χ3v) is 2.86. The molecule has 0 heterocycles. The van der Waals surface area contributed by atoms with Gasteiger partial charge >= 0.3 is 5.97 Å². The summed E-state index contributed by atoms with van der Waals surface area (Å²) in [7, 11) is 0. The maximum atomic E-state index is 10.6.